The molecule has 0 aliphatic heterocycles. The summed E-state index contributed by atoms with van der Waals surface area (Å²) in [5.74, 6) is 0.758. The van der Waals surface area contributed by atoms with Gasteiger partial charge < -0.3 is 0 Å². The van der Waals surface area contributed by atoms with E-state index in [2.05, 4.69) is 44.3 Å². The molecular weight excluding hydrogens is 194 g/mol. The van der Waals surface area contributed by atoms with E-state index in [4.69, 9.17) is 4.99 Å². The molecule has 16 heavy (non-hydrogen) atoms. The van der Waals surface area contributed by atoms with E-state index in [1.807, 2.05) is 0 Å². The molecule has 0 N–H and O–H groups in total. The molecule has 1 aromatic carbocycles. The number of hydrogen-bond donors (Lipinski definition) is 0. The second kappa shape index (κ2) is 5.29. The molecule has 1 nitrogen and oxygen atoms in total. The second-order valence-corrected chi connectivity index (χ2v) is 4.96. The van der Waals surface area contributed by atoms with Crippen molar-refractivity contribution in [1.29, 1.82) is 0 Å². The maximum absolute atomic E-state index is 4.77. The minimum absolute atomic E-state index is 0.549. The van der Waals surface area contributed by atoms with E-state index in [-0.39, 0.29) is 0 Å². The Balaban J connectivity index is 2.06. The molecule has 1 aliphatic carbocycles. The quantitative estimate of drug-likeness (QED) is 0.661. The molecule has 1 aromatic rings. The van der Waals surface area contributed by atoms with Crippen LogP contribution in [0.1, 0.15) is 43.7 Å². The summed E-state index contributed by atoms with van der Waals surface area (Å²) < 4.78 is 0. The van der Waals surface area contributed by atoms with Crippen molar-refractivity contribution < 1.29 is 0 Å². The molecule has 2 unspecified atom stereocenters. The van der Waals surface area contributed by atoms with E-state index >= 15 is 0 Å². The lowest BCUT2D eigenvalue weighted by Crippen LogP contribution is -2.20. The van der Waals surface area contributed by atoms with Crippen LogP contribution in [0.15, 0.2) is 29.3 Å². The molecule has 1 aliphatic rings. The highest BCUT2D eigenvalue weighted by molar-refractivity contribution is 5.81. The molecule has 0 spiro atoms. The highest BCUT2D eigenvalue weighted by Crippen LogP contribution is 2.26. The van der Waals surface area contributed by atoms with Gasteiger partial charge in [-0.25, -0.2) is 0 Å². The lowest BCUT2D eigenvalue weighted by atomic mass is 9.86. The average Bonchev–Trinajstić information content (AvgIpc) is 2.30. The van der Waals surface area contributed by atoms with Gasteiger partial charge in [0.15, 0.2) is 0 Å². The van der Waals surface area contributed by atoms with Crippen LogP contribution in [0.4, 0.5) is 0 Å². The first-order valence-corrected chi connectivity index (χ1v) is 6.36. The van der Waals surface area contributed by atoms with Crippen LogP contribution in [-0.4, -0.2) is 12.3 Å². The Morgan fingerprint density at radius 3 is 2.69 bits per heavy atom. The van der Waals surface area contributed by atoms with Crippen LogP contribution in [0.5, 0.6) is 0 Å². The molecule has 1 heteroatoms. The number of aryl methyl sites for hydroxylation is 1. The van der Waals surface area contributed by atoms with E-state index in [9.17, 15) is 0 Å². The summed E-state index contributed by atoms with van der Waals surface area (Å²) in [6.07, 6.45) is 7.42. The predicted molar refractivity (Wildman–Crippen MR) is 70.2 cm³/mol. The topological polar surface area (TPSA) is 12.4 Å². The fraction of sp³-hybridized carbons (Fsp3) is 0.533. The third-order valence-electron chi connectivity index (χ3n) is 3.66. The first-order chi connectivity index (χ1) is 7.77. The summed E-state index contributed by atoms with van der Waals surface area (Å²) in [6, 6.07) is 9.00. The second-order valence-electron chi connectivity index (χ2n) is 4.96. The van der Waals surface area contributed by atoms with Crippen molar-refractivity contribution in [1.82, 2.24) is 0 Å². The Kier molecular flexibility index (Phi) is 3.76. The van der Waals surface area contributed by atoms with E-state index < -0.39 is 0 Å². The van der Waals surface area contributed by atoms with Gasteiger partial charge in [-0.05, 0) is 36.8 Å². The van der Waals surface area contributed by atoms with Gasteiger partial charge in [0, 0.05) is 6.21 Å². The van der Waals surface area contributed by atoms with Crippen LogP contribution in [0.2, 0.25) is 0 Å². The van der Waals surface area contributed by atoms with E-state index in [0.717, 1.165) is 5.92 Å². The van der Waals surface area contributed by atoms with Gasteiger partial charge in [0.05, 0.1) is 6.04 Å². The van der Waals surface area contributed by atoms with Gasteiger partial charge in [-0.15, -0.1) is 0 Å². The van der Waals surface area contributed by atoms with Crippen LogP contribution in [0.3, 0.4) is 0 Å². The fourth-order valence-electron chi connectivity index (χ4n) is 2.43. The largest absolute Gasteiger partial charge is 0.289 e. The number of benzene rings is 1. The van der Waals surface area contributed by atoms with Gasteiger partial charge in [0.1, 0.15) is 0 Å². The Morgan fingerprint density at radius 2 is 1.94 bits per heavy atom. The van der Waals surface area contributed by atoms with Crippen molar-refractivity contribution in [3.8, 4) is 0 Å². The van der Waals surface area contributed by atoms with Crippen molar-refractivity contribution in [2.24, 2.45) is 10.9 Å². The molecule has 2 rings (SSSR count). The Bertz CT molecular complexity index is 367. The molecule has 0 amide bonds. The van der Waals surface area contributed by atoms with E-state index in [1.165, 1.54) is 36.8 Å². The lowest BCUT2D eigenvalue weighted by Gasteiger charge is -2.25. The van der Waals surface area contributed by atoms with Crippen molar-refractivity contribution in [2.45, 2.75) is 45.6 Å². The summed E-state index contributed by atoms with van der Waals surface area (Å²) >= 11 is 0. The minimum atomic E-state index is 0.549. The van der Waals surface area contributed by atoms with Crippen molar-refractivity contribution in [3.63, 3.8) is 0 Å². The zero-order chi connectivity index (χ0) is 11.4. The fourth-order valence-corrected chi connectivity index (χ4v) is 2.43. The number of hydrogen-bond acceptors (Lipinski definition) is 1. The molecule has 0 radical (unpaired) electrons. The van der Waals surface area contributed by atoms with Crippen LogP contribution in [0, 0.1) is 12.8 Å². The summed E-state index contributed by atoms with van der Waals surface area (Å²) in [7, 11) is 0. The highest BCUT2D eigenvalue weighted by atomic mass is 14.8. The van der Waals surface area contributed by atoms with Crippen LogP contribution >= 0.6 is 0 Å². The van der Waals surface area contributed by atoms with Crippen molar-refractivity contribution in [2.75, 3.05) is 0 Å². The summed E-state index contributed by atoms with van der Waals surface area (Å²) in [4.78, 5) is 4.77. The highest BCUT2D eigenvalue weighted by Gasteiger charge is 2.19. The minimum Gasteiger partial charge on any atom is -0.289 e. The van der Waals surface area contributed by atoms with Crippen LogP contribution in [-0.2, 0) is 0 Å². The van der Waals surface area contributed by atoms with Gasteiger partial charge >= 0.3 is 0 Å². The van der Waals surface area contributed by atoms with E-state index in [1.54, 1.807) is 0 Å². The molecule has 86 valence electrons. The SMILES string of the molecule is Cc1ccccc1C=NC1CCCCC1C. The summed E-state index contributed by atoms with van der Waals surface area (Å²) in [6.45, 7) is 4.48. The Hall–Kier alpha value is -1.11. The molecule has 0 bridgehead atoms. The summed E-state index contributed by atoms with van der Waals surface area (Å²) in [5, 5.41) is 0. The molecule has 1 saturated carbocycles. The Labute approximate surface area is 98.6 Å². The molecule has 2 atom stereocenters. The molecule has 1 fully saturated rings. The van der Waals surface area contributed by atoms with Gasteiger partial charge in [-0.2, -0.15) is 0 Å². The standard InChI is InChI=1S/C15H21N/c1-12-7-3-5-9-14(12)11-16-15-10-6-4-8-13(15)2/h3,5,7,9,11,13,15H,4,6,8,10H2,1-2H3. The maximum Gasteiger partial charge on any atom is 0.0525 e. The normalized spacial score (nSPS) is 26.1. The first-order valence-electron chi connectivity index (χ1n) is 6.36. The van der Waals surface area contributed by atoms with Crippen molar-refractivity contribution in [3.05, 3.63) is 35.4 Å². The summed E-state index contributed by atoms with van der Waals surface area (Å²) in [5.41, 5.74) is 2.58. The molecular formula is C15H21N. The number of aliphatic imine (C=N–C) groups is 1. The third-order valence-corrected chi connectivity index (χ3v) is 3.66. The lowest BCUT2D eigenvalue weighted by molar-refractivity contribution is 0.333. The van der Waals surface area contributed by atoms with Gasteiger partial charge in [0.2, 0.25) is 0 Å². The molecule has 0 heterocycles. The smallest absolute Gasteiger partial charge is 0.0525 e. The predicted octanol–water partition coefficient (Wildman–Crippen LogP) is 3.99. The van der Waals surface area contributed by atoms with Crippen LogP contribution in [0.25, 0.3) is 0 Å². The van der Waals surface area contributed by atoms with Gasteiger partial charge in [-0.3, -0.25) is 4.99 Å². The number of rotatable bonds is 2. The number of nitrogens with zero attached hydrogens (tertiary/aromatic N) is 1. The monoisotopic (exact) mass is 215 g/mol. The molecule has 0 saturated heterocycles. The zero-order valence-corrected chi connectivity index (χ0v) is 10.3. The maximum atomic E-state index is 4.77. The van der Waals surface area contributed by atoms with Gasteiger partial charge in [0.25, 0.3) is 0 Å². The first kappa shape index (κ1) is 11.4. The van der Waals surface area contributed by atoms with Crippen LogP contribution < -0.4 is 0 Å². The van der Waals surface area contributed by atoms with E-state index in [0.29, 0.717) is 6.04 Å². The molecule has 0 aromatic heterocycles. The zero-order valence-electron chi connectivity index (χ0n) is 10.3. The third kappa shape index (κ3) is 2.72. The van der Waals surface area contributed by atoms with Gasteiger partial charge in [-0.1, -0.05) is 44.0 Å². The average molecular weight is 215 g/mol. The van der Waals surface area contributed by atoms with Crippen molar-refractivity contribution >= 4 is 6.21 Å². The Morgan fingerprint density at radius 1 is 1.19 bits per heavy atom.